The number of hydrogen-bond donors (Lipinski definition) is 1. The lowest BCUT2D eigenvalue weighted by atomic mass is 10.1. The third-order valence-corrected chi connectivity index (χ3v) is 6.65. The number of carboxylic acids is 1. The van der Waals surface area contributed by atoms with Crippen LogP contribution in [0.25, 0.3) is 22.0 Å². The summed E-state index contributed by atoms with van der Waals surface area (Å²) < 4.78 is 42.0. The summed E-state index contributed by atoms with van der Waals surface area (Å²) in [5.74, 6) is -1.34. The van der Waals surface area contributed by atoms with Gasteiger partial charge >= 0.3 is 12.3 Å². The normalized spacial score (nSPS) is 12.4. The van der Waals surface area contributed by atoms with Gasteiger partial charge in [-0.05, 0) is 60.4 Å². The molecule has 1 N–H and O–H groups in total. The summed E-state index contributed by atoms with van der Waals surface area (Å²) in [6, 6.07) is 17.7. The minimum absolute atomic E-state index is 0.0874. The third kappa shape index (κ3) is 6.03. The first kappa shape index (κ1) is 25.2. The number of hydrogen-bond acceptors (Lipinski definition) is 6. The molecular formula is C25H20F3N3O4S. The maximum atomic E-state index is 12.7. The van der Waals surface area contributed by atoms with Crippen LogP contribution in [-0.4, -0.2) is 37.7 Å². The Morgan fingerprint density at radius 2 is 1.69 bits per heavy atom. The standard InChI is InChI=1S/C25H20F3N3O4S/c1-15-3-2-4-20-22(15)29-30-31(23(20)32)14-13-21(24(33)34)36-19-11-7-17(8-12-19)16-5-9-18(10-6-16)35-25(26,27)28/h2-12,21H,13-14H2,1H3,(H,33,34). The van der Waals surface area contributed by atoms with Crippen molar-refractivity contribution in [3.05, 3.63) is 82.6 Å². The summed E-state index contributed by atoms with van der Waals surface area (Å²) in [6.45, 7) is 1.92. The molecule has 0 saturated heterocycles. The van der Waals surface area contributed by atoms with E-state index in [2.05, 4.69) is 15.0 Å². The molecule has 0 fully saturated rings. The molecule has 0 aliphatic heterocycles. The van der Waals surface area contributed by atoms with E-state index in [-0.39, 0.29) is 24.3 Å². The number of carboxylic acid groups (broad SMARTS) is 1. The fourth-order valence-corrected chi connectivity index (χ4v) is 4.55. The molecule has 3 aromatic carbocycles. The van der Waals surface area contributed by atoms with Crippen molar-refractivity contribution in [1.82, 2.24) is 15.0 Å². The van der Waals surface area contributed by atoms with Crippen molar-refractivity contribution in [2.75, 3.05) is 0 Å². The molecule has 4 rings (SSSR count). The van der Waals surface area contributed by atoms with Gasteiger partial charge in [-0.2, -0.15) is 0 Å². The van der Waals surface area contributed by atoms with E-state index in [1.54, 1.807) is 36.4 Å². The molecule has 0 radical (unpaired) electrons. The number of rotatable bonds is 8. The molecule has 186 valence electrons. The number of ether oxygens (including phenoxy) is 1. The van der Waals surface area contributed by atoms with Crippen LogP contribution in [0.5, 0.6) is 5.75 Å². The lowest BCUT2D eigenvalue weighted by molar-refractivity contribution is -0.274. The van der Waals surface area contributed by atoms with Gasteiger partial charge in [0.2, 0.25) is 0 Å². The van der Waals surface area contributed by atoms with E-state index in [1.807, 2.05) is 13.0 Å². The van der Waals surface area contributed by atoms with Crippen molar-refractivity contribution < 1.29 is 27.8 Å². The zero-order valence-corrected chi connectivity index (χ0v) is 19.7. The lowest BCUT2D eigenvalue weighted by Gasteiger charge is -2.13. The first-order valence-corrected chi connectivity index (χ1v) is 11.7. The minimum atomic E-state index is -4.76. The first-order valence-electron chi connectivity index (χ1n) is 10.8. The topological polar surface area (TPSA) is 94.3 Å². The van der Waals surface area contributed by atoms with Crippen molar-refractivity contribution in [2.24, 2.45) is 0 Å². The van der Waals surface area contributed by atoms with Crippen LogP contribution in [0.3, 0.4) is 0 Å². The van der Waals surface area contributed by atoms with Crippen LogP contribution in [0, 0.1) is 6.92 Å². The maximum Gasteiger partial charge on any atom is 0.573 e. The highest BCUT2D eigenvalue weighted by molar-refractivity contribution is 8.00. The van der Waals surface area contributed by atoms with Gasteiger partial charge in [-0.3, -0.25) is 9.59 Å². The minimum Gasteiger partial charge on any atom is -0.480 e. The SMILES string of the molecule is Cc1cccc2c(=O)n(CCC(Sc3ccc(-c4ccc(OC(F)(F)F)cc4)cc3)C(=O)O)nnc12. The van der Waals surface area contributed by atoms with Crippen LogP contribution in [0.15, 0.2) is 76.4 Å². The maximum absolute atomic E-state index is 12.7. The summed E-state index contributed by atoms with van der Waals surface area (Å²) in [6.07, 6.45) is -4.61. The molecule has 0 aliphatic rings. The molecular weight excluding hydrogens is 495 g/mol. The fourth-order valence-electron chi connectivity index (χ4n) is 3.60. The van der Waals surface area contributed by atoms with Crippen molar-refractivity contribution in [2.45, 2.75) is 36.4 Å². The van der Waals surface area contributed by atoms with Gasteiger partial charge < -0.3 is 9.84 Å². The average molecular weight is 516 g/mol. The Morgan fingerprint density at radius 3 is 2.31 bits per heavy atom. The van der Waals surface area contributed by atoms with Crippen LogP contribution in [0.4, 0.5) is 13.2 Å². The Morgan fingerprint density at radius 1 is 1.06 bits per heavy atom. The molecule has 4 aromatic rings. The van der Waals surface area contributed by atoms with Gasteiger partial charge in [0.25, 0.3) is 5.56 Å². The van der Waals surface area contributed by atoms with Gasteiger partial charge in [0.15, 0.2) is 0 Å². The van der Waals surface area contributed by atoms with Gasteiger partial charge in [-0.25, -0.2) is 4.68 Å². The monoisotopic (exact) mass is 515 g/mol. The van der Waals surface area contributed by atoms with Crippen LogP contribution < -0.4 is 10.3 Å². The average Bonchev–Trinajstić information content (AvgIpc) is 2.83. The van der Waals surface area contributed by atoms with Gasteiger partial charge in [-0.15, -0.1) is 30.0 Å². The summed E-state index contributed by atoms with van der Waals surface area (Å²) >= 11 is 1.13. The zero-order chi connectivity index (χ0) is 25.9. The number of benzene rings is 3. The molecule has 0 amide bonds. The van der Waals surface area contributed by atoms with Crippen LogP contribution in [0.2, 0.25) is 0 Å². The molecule has 1 aromatic heterocycles. The highest BCUT2D eigenvalue weighted by Crippen LogP contribution is 2.30. The van der Waals surface area contributed by atoms with E-state index in [4.69, 9.17) is 0 Å². The number of aryl methyl sites for hydroxylation is 2. The number of halogens is 3. The smallest absolute Gasteiger partial charge is 0.480 e. The summed E-state index contributed by atoms with van der Waals surface area (Å²) in [5.41, 5.74) is 2.45. The van der Waals surface area contributed by atoms with E-state index in [1.165, 1.54) is 28.9 Å². The summed E-state index contributed by atoms with van der Waals surface area (Å²) in [4.78, 5) is 25.3. The molecule has 0 saturated carbocycles. The highest BCUT2D eigenvalue weighted by atomic mass is 32.2. The number of carbonyl (C=O) groups is 1. The summed E-state index contributed by atoms with van der Waals surface area (Å²) in [5, 5.41) is 17.3. The largest absolute Gasteiger partial charge is 0.573 e. The van der Waals surface area contributed by atoms with Gasteiger partial charge in [0.1, 0.15) is 16.5 Å². The molecule has 36 heavy (non-hydrogen) atoms. The molecule has 1 unspecified atom stereocenters. The van der Waals surface area contributed by atoms with E-state index in [0.717, 1.165) is 22.9 Å². The first-order chi connectivity index (χ1) is 17.1. The summed E-state index contributed by atoms with van der Waals surface area (Å²) in [7, 11) is 0. The second-order valence-corrected chi connectivity index (χ2v) is 9.19. The Kier molecular flexibility index (Phi) is 7.30. The van der Waals surface area contributed by atoms with Crippen LogP contribution in [-0.2, 0) is 11.3 Å². The van der Waals surface area contributed by atoms with Gasteiger partial charge in [-0.1, -0.05) is 41.6 Å². The van der Waals surface area contributed by atoms with Crippen LogP contribution in [0.1, 0.15) is 12.0 Å². The quantitative estimate of drug-likeness (QED) is 0.318. The van der Waals surface area contributed by atoms with Crippen molar-refractivity contribution in [1.29, 1.82) is 0 Å². The number of aliphatic carboxylic acids is 1. The van der Waals surface area contributed by atoms with Gasteiger partial charge in [0.05, 0.1) is 5.39 Å². The second-order valence-electron chi connectivity index (χ2n) is 7.92. The molecule has 0 bridgehead atoms. The Hall–Kier alpha value is -3.86. The second kappa shape index (κ2) is 10.4. The van der Waals surface area contributed by atoms with Gasteiger partial charge in [0, 0.05) is 11.4 Å². The molecule has 0 spiro atoms. The predicted octanol–water partition coefficient (Wildman–Crippen LogP) is 5.30. The van der Waals surface area contributed by atoms with E-state index >= 15 is 0 Å². The molecule has 11 heteroatoms. The van der Waals surface area contributed by atoms with Crippen molar-refractivity contribution in [3.8, 4) is 16.9 Å². The Balaban J connectivity index is 1.43. The number of thioether (sulfide) groups is 1. The molecule has 1 atom stereocenters. The van der Waals surface area contributed by atoms with E-state index in [0.29, 0.717) is 21.4 Å². The fraction of sp³-hybridized carbons (Fsp3) is 0.200. The number of alkyl halides is 3. The zero-order valence-electron chi connectivity index (χ0n) is 18.9. The molecule has 7 nitrogen and oxygen atoms in total. The van der Waals surface area contributed by atoms with E-state index < -0.39 is 17.6 Å². The number of fused-ring (bicyclic) bond motifs is 1. The lowest BCUT2D eigenvalue weighted by Crippen LogP contribution is -2.27. The third-order valence-electron chi connectivity index (χ3n) is 5.39. The Bertz CT molecular complexity index is 1440. The van der Waals surface area contributed by atoms with E-state index in [9.17, 15) is 27.9 Å². The molecule has 1 heterocycles. The predicted molar refractivity (Wildman–Crippen MR) is 129 cm³/mol. The van der Waals surface area contributed by atoms with Crippen LogP contribution >= 0.6 is 11.8 Å². The number of aromatic nitrogens is 3. The van der Waals surface area contributed by atoms with Crippen molar-refractivity contribution in [3.63, 3.8) is 0 Å². The number of nitrogens with zero attached hydrogens (tertiary/aromatic N) is 3. The van der Waals surface area contributed by atoms with Crippen molar-refractivity contribution >= 4 is 28.6 Å². The molecule has 0 aliphatic carbocycles. The Labute approximate surface area is 207 Å². The highest BCUT2D eigenvalue weighted by Gasteiger charge is 2.31.